The highest BCUT2D eigenvalue weighted by Gasteiger charge is 2.33. The van der Waals surface area contributed by atoms with E-state index in [1.54, 1.807) is 36.4 Å². The monoisotopic (exact) mass is 517 g/mol. The summed E-state index contributed by atoms with van der Waals surface area (Å²) in [4.78, 5) is 16.8. The third-order valence-corrected chi connectivity index (χ3v) is 6.23. The Bertz CT molecular complexity index is 1230. The first-order valence-electron chi connectivity index (χ1n) is 11.2. The average molecular weight is 518 g/mol. The Morgan fingerprint density at radius 1 is 0.917 bits per heavy atom. The molecule has 10 heteroatoms. The van der Waals surface area contributed by atoms with Gasteiger partial charge in [0.15, 0.2) is 6.61 Å². The molecule has 0 unspecified atom stereocenters. The number of halogens is 4. The normalized spacial score (nSPS) is 13.9. The molecule has 3 aromatic rings. The van der Waals surface area contributed by atoms with Crippen LogP contribution in [0.25, 0.3) is 0 Å². The summed E-state index contributed by atoms with van der Waals surface area (Å²) in [5.41, 5.74) is 0.121. The first-order chi connectivity index (χ1) is 17.2. The Labute approximate surface area is 211 Å². The second kappa shape index (κ2) is 10.9. The second-order valence-corrected chi connectivity index (χ2v) is 8.52. The van der Waals surface area contributed by atoms with E-state index in [2.05, 4.69) is 5.32 Å². The first-order valence-corrected chi connectivity index (χ1v) is 11.6. The Hall–Kier alpha value is -3.66. The standard InChI is InChI=1S/C26H23F4N3O2S/c27-21-6-2-4-8-23(21)32-13-15-33(16-14-32)25(36)18-9-11-19(12-10-18)35-17-24(34)31-22-7-3-1-5-20(22)26(28,29)30/h1-12H,13-17H2,(H,31,34). The number of nitrogens with zero attached hydrogens (tertiary/aromatic N) is 2. The van der Waals surface area contributed by atoms with Crippen molar-refractivity contribution in [2.75, 3.05) is 43.0 Å². The number of nitrogens with one attached hydrogen (secondary N) is 1. The number of carbonyl (C=O) groups is 1. The third kappa shape index (κ3) is 6.12. The van der Waals surface area contributed by atoms with Crippen molar-refractivity contribution in [2.24, 2.45) is 0 Å². The summed E-state index contributed by atoms with van der Waals surface area (Å²) in [6.45, 7) is 2.10. The van der Waals surface area contributed by atoms with E-state index in [0.29, 0.717) is 42.6 Å². The van der Waals surface area contributed by atoms with E-state index < -0.39 is 24.3 Å². The van der Waals surface area contributed by atoms with Crippen molar-refractivity contribution in [1.82, 2.24) is 4.90 Å². The zero-order valence-electron chi connectivity index (χ0n) is 19.1. The number of carbonyl (C=O) groups excluding carboxylic acids is 1. The molecule has 188 valence electrons. The lowest BCUT2D eigenvalue weighted by Crippen LogP contribution is -2.48. The number of ether oxygens (including phenoxy) is 1. The summed E-state index contributed by atoms with van der Waals surface area (Å²) in [7, 11) is 0. The predicted octanol–water partition coefficient (Wildman–Crippen LogP) is 5.36. The SMILES string of the molecule is O=C(COc1ccc(C(=S)N2CCN(c3ccccc3F)CC2)cc1)Nc1ccccc1C(F)(F)F. The molecule has 0 aliphatic carbocycles. The van der Waals surface area contributed by atoms with E-state index in [-0.39, 0.29) is 11.5 Å². The van der Waals surface area contributed by atoms with Crippen molar-refractivity contribution < 1.29 is 27.1 Å². The summed E-state index contributed by atoms with van der Waals surface area (Å²) >= 11 is 5.62. The highest BCUT2D eigenvalue weighted by Crippen LogP contribution is 2.34. The summed E-state index contributed by atoms with van der Waals surface area (Å²) in [5.74, 6) is -0.577. The van der Waals surface area contributed by atoms with Crippen LogP contribution in [0.3, 0.4) is 0 Å². The van der Waals surface area contributed by atoms with Crippen LogP contribution in [0, 0.1) is 5.82 Å². The van der Waals surface area contributed by atoms with E-state index in [0.717, 1.165) is 11.6 Å². The smallest absolute Gasteiger partial charge is 0.418 e. The molecule has 4 rings (SSSR count). The lowest BCUT2D eigenvalue weighted by Gasteiger charge is -2.37. The maximum absolute atomic E-state index is 14.1. The largest absolute Gasteiger partial charge is 0.484 e. The van der Waals surface area contributed by atoms with Crippen LogP contribution < -0.4 is 15.0 Å². The van der Waals surface area contributed by atoms with E-state index >= 15 is 0 Å². The van der Waals surface area contributed by atoms with E-state index in [1.807, 2.05) is 15.9 Å². The number of thiocarbonyl (C=S) groups is 1. The van der Waals surface area contributed by atoms with Crippen LogP contribution in [0.5, 0.6) is 5.75 Å². The van der Waals surface area contributed by atoms with Crippen LogP contribution >= 0.6 is 12.2 Å². The number of piperazine rings is 1. The van der Waals surface area contributed by atoms with Gasteiger partial charge in [0, 0.05) is 31.7 Å². The molecule has 1 heterocycles. The fraction of sp³-hybridized carbons (Fsp3) is 0.231. The van der Waals surface area contributed by atoms with E-state index in [4.69, 9.17) is 17.0 Å². The molecule has 3 aromatic carbocycles. The molecule has 0 saturated carbocycles. The molecular weight excluding hydrogens is 494 g/mol. The third-order valence-electron chi connectivity index (χ3n) is 5.74. The molecule has 1 aliphatic rings. The van der Waals surface area contributed by atoms with Crippen LogP contribution in [0.15, 0.2) is 72.8 Å². The molecule has 1 amide bonds. The minimum absolute atomic E-state index is 0.248. The van der Waals surface area contributed by atoms with Gasteiger partial charge >= 0.3 is 6.18 Å². The van der Waals surface area contributed by atoms with Gasteiger partial charge in [-0.15, -0.1) is 0 Å². The quantitative estimate of drug-likeness (QED) is 0.352. The van der Waals surface area contributed by atoms with Gasteiger partial charge in [0.05, 0.1) is 16.9 Å². The van der Waals surface area contributed by atoms with Crippen LogP contribution in [0.2, 0.25) is 0 Å². The van der Waals surface area contributed by atoms with E-state index in [9.17, 15) is 22.4 Å². The zero-order chi connectivity index (χ0) is 25.7. The summed E-state index contributed by atoms with van der Waals surface area (Å²) in [5, 5.41) is 2.24. The van der Waals surface area contributed by atoms with Crippen molar-refractivity contribution in [3.05, 3.63) is 89.7 Å². The highest BCUT2D eigenvalue weighted by atomic mass is 32.1. The molecular formula is C26H23F4N3O2S. The van der Waals surface area contributed by atoms with Crippen molar-refractivity contribution >= 4 is 34.5 Å². The van der Waals surface area contributed by atoms with Crippen LogP contribution in [0.1, 0.15) is 11.1 Å². The van der Waals surface area contributed by atoms with Crippen LogP contribution in [-0.4, -0.2) is 48.6 Å². The summed E-state index contributed by atoms with van der Waals surface area (Å²) < 4.78 is 58.7. The Morgan fingerprint density at radius 2 is 1.56 bits per heavy atom. The number of rotatable bonds is 6. The van der Waals surface area contributed by atoms with Gasteiger partial charge in [-0.05, 0) is 48.5 Å². The number of alkyl halides is 3. The van der Waals surface area contributed by atoms with Crippen molar-refractivity contribution in [3.63, 3.8) is 0 Å². The fourth-order valence-electron chi connectivity index (χ4n) is 3.91. The molecule has 0 spiro atoms. The van der Waals surface area contributed by atoms with Gasteiger partial charge in [-0.3, -0.25) is 4.79 Å². The Kier molecular flexibility index (Phi) is 7.73. The molecule has 5 nitrogen and oxygen atoms in total. The molecule has 1 aliphatic heterocycles. The average Bonchev–Trinajstić information content (AvgIpc) is 2.87. The summed E-state index contributed by atoms with van der Waals surface area (Å²) in [6.07, 6.45) is -4.58. The topological polar surface area (TPSA) is 44.8 Å². The maximum Gasteiger partial charge on any atom is 0.418 e. The van der Waals surface area contributed by atoms with Gasteiger partial charge in [-0.25, -0.2) is 4.39 Å². The Balaban J connectivity index is 1.28. The second-order valence-electron chi connectivity index (χ2n) is 8.14. The Morgan fingerprint density at radius 3 is 2.22 bits per heavy atom. The lowest BCUT2D eigenvalue weighted by molar-refractivity contribution is -0.137. The van der Waals surface area contributed by atoms with Gasteiger partial charge < -0.3 is 19.9 Å². The minimum Gasteiger partial charge on any atom is -0.484 e. The molecule has 1 N–H and O–H groups in total. The molecule has 0 atom stereocenters. The first kappa shape index (κ1) is 25.4. The summed E-state index contributed by atoms with van der Waals surface area (Å²) in [6, 6.07) is 18.2. The van der Waals surface area contributed by atoms with Gasteiger partial charge in [0.1, 0.15) is 16.6 Å². The van der Waals surface area contributed by atoms with Crippen molar-refractivity contribution in [3.8, 4) is 5.75 Å². The molecule has 0 radical (unpaired) electrons. The highest BCUT2D eigenvalue weighted by molar-refractivity contribution is 7.80. The fourth-order valence-corrected chi connectivity index (χ4v) is 4.23. The molecule has 1 saturated heterocycles. The van der Waals surface area contributed by atoms with Gasteiger partial charge in [0.2, 0.25) is 0 Å². The van der Waals surface area contributed by atoms with Gasteiger partial charge in [-0.1, -0.05) is 36.5 Å². The number of hydrogen-bond acceptors (Lipinski definition) is 4. The minimum atomic E-state index is -4.58. The molecule has 1 fully saturated rings. The number of benzene rings is 3. The van der Waals surface area contributed by atoms with Crippen LogP contribution in [0.4, 0.5) is 28.9 Å². The maximum atomic E-state index is 14.1. The van der Waals surface area contributed by atoms with Gasteiger partial charge in [0.25, 0.3) is 5.91 Å². The van der Waals surface area contributed by atoms with E-state index in [1.165, 1.54) is 24.3 Å². The number of para-hydroxylation sites is 2. The number of anilines is 2. The molecule has 0 bridgehead atoms. The predicted molar refractivity (Wildman–Crippen MR) is 134 cm³/mol. The van der Waals surface area contributed by atoms with Gasteiger partial charge in [-0.2, -0.15) is 13.2 Å². The van der Waals surface area contributed by atoms with Crippen molar-refractivity contribution in [2.45, 2.75) is 6.18 Å². The lowest BCUT2D eigenvalue weighted by atomic mass is 10.1. The van der Waals surface area contributed by atoms with Crippen molar-refractivity contribution in [1.29, 1.82) is 0 Å². The molecule has 36 heavy (non-hydrogen) atoms. The number of amides is 1. The molecule has 0 aromatic heterocycles. The zero-order valence-corrected chi connectivity index (χ0v) is 19.9. The number of hydrogen-bond donors (Lipinski definition) is 1. The van der Waals surface area contributed by atoms with Crippen LogP contribution in [-0.2, 0) is 11.0 Å².